The maximum Gasteiger partial charge on any atom is 0.169 e. The third-order valence-corrected chi connectivity index (χ3v) is 4.92. The summed E-state index contributed by atoms with van der Waals surface area (Å²) >= 11 is 0. The average molecular weight is 285 g/mol. The zero-order valence-electron chi connectivity index (χ0n) is 13.0. The van der Waals surface area contributed by atoms with Crippen LogP contribution in [0.3, 0.4) is 0 Å². The van der Waals surface area contributed by atoms with E-state index in [9.17, 15) is 5.26 Å². The van der Waals surface area contributed by atoms with Crippen LogP contribution in [0.25, 0.3) is 0 Å². The summed E-state index contributed by atoms with van der Waals surface area (Å²) in [6.45, 7) is 8.28. The van der Waals surface area contributed by atoms with Gasteiger partial charge in [0.2, 0.25) is 0 Å². The number of nitriles is 1. The number of hydrogen-bond donors (Lipinski definition) is 0. The molecule has 0 aliphatic carbocycles. The van der Waals surface area contributed by atoms with Gasteiger partial charge in [0.05, 0.1) is 5.69 Å². The Labute approximate surface area is 126 Å². The molecule has 0 N–H and O–H groups in total. The first-order valence-corrected chi connectivity index (χ1v) is 7.93. The Hall–Kier alpha value is -1.67. The Bertz CT molecular complexity index is 557. The van der Waals surface area contributed by atoms with Gasteiger partial charge >= 0.3 is 0 Å². The summed E-state index contributed by atoms with van der Waals surface area (Å²) in [5, 5.41) is 18.0. The molecule has 0 radical (unpaired) electrons. The van der Waals surface area contributed by atoms with Crippen LogP contribution in [-0.4, -0.2) is 47.3 Å². The zero-order valence-corrected chi connectivity index (χ0v) is 13.0. The molecule has 0 aromatic carbocycles. The highest BCUT2D eigenvalue weighted by Gasteiger charge is 2.30. The lowest BCUT2D eigenvalue weighted by molar-refractivity contribution is 0.174. The summed E-state index contributed by atoms with van der Waals surface area (Å²) in [6, 6.07) is 2.93. The topological polar surface area (TPSA) is 56.1 Å². The van der Waals surface area contributed by atoms with Crippen molar-refractivity contribution in [3.05, 3.63) is 16.8 Å². The molecule has 3 rings (SSSR count). The molecule has 0 bridgehead atoms. The number of piperidine rings is 1. The molecule has 1 unspecified atom stereocenters. The van der Waals surface area contributed by atoms with Gasteiger partial charge in [-0.1, -0.05) is 6.42 Å². The fraction of sp³-hybridized carbons (Fsp3) is 0.688. The van der Waals surface area contributed by atoms with Crippen molar-refractivity contribution in [3.8, 4) is 6.07 Å². The van der Waals surface area contributed by atoms with Gasteiger partial charge in [-0.15, -0.1) is 5.10 Å². The highest BCUT2D eigenvalue weighted by Crippen LogP contribution is 2.27. The number of aryl methyl sites for hydroxylation is 1. The fourth-order valence-electron chi connectivity index (χ4n) is 3.47. The van der Waals surface area contributed by atoms with Crippen molar-refractivity contribution in [2.45, 2.75) is 45.6 Å². The minimum absolute atomic E-state index is 0.611. The van der Waals surface area contributed by atoms with Crippen LogP contribution in [0.4, 0.5) is 5.82 Å². The van der Waals surface area contributed by atoms with E-state index in [1.807, 2.05) is 13.8 Å². The molecule has 21 heavy (non-hydrogen) atoms. The Kier molecular flexibility index (Phi) is 4.07. The molecule has 1 aromatic rings. The molecule has 2 aliphatic heterocycles. The normalized spacial score (nSPS) is 23.3. The molecule has 5 nitrogen and oxygen atoms in total. The lowest BCUT2D eigenvalue weighted by atomic mass is 10.1. The number of rotatable bonds is 2. The van der Waals surface area contributed by atoms with Crippen LogP contribution < -0.4 is 4.90 Å². The fourth-order valence-corrected chi connectivity index (χ4v) is 3.47. The third kappa shape index (κ3) is 2.73. The van der Waals surface area contributed by atoms with Gasteiger partial charge in [0.15, 0.2) is 5.82 Å². The van der Waals surface area contributed by atoms with Crippen LogP contribution in [-0.2, 0) is 0 Å². The summed E-state index contributed by atoms with van der Waals surface area (Å²) in [7, 11) is 0. The van der Waals surface area contributed by atoms with Gasteiger partial charge in [-0.2, -0.15) is 10.4 Å². The van der Waals surface area contributed by atoms with Crippen LogP contribution >= 0.6 is 0 Å². The predicted molar refractivity (Wildman–Crippen MR) is 82.3 cm³/mol. The molecular weight excluding hydrogens is 262 g/mol. The van der Waals surface area contributed by atoms with E-state index in [1.165, 1.54) is 38.8 Å². The van der Waals surface area contributed by atoms with E-state index in [-0.39, 0.29) is 0 Å². The summed E-state index contributed by atoms with van der Waals surface area (Å²) in [6.07, 6.45) is 5.18. The van der Waals surface area contributed by atoms with E-state index >= 15 is 0 Å². The highest BCUT2D eigenvalue weighted by molar-refractivity contribution is 5.58. The Morgan fingerprint density at radius 1 is 1.10 bits per heavy atom. The standard InChI is InChI=1S/C16H23N5/c1-12-13(2)18-19-16(15(12)10-17)21-9-6-14(11-21)20-7-4-3-5-8-20/h14H,3-9,11H2,1-2H3. The van der Waals surface area contributed by atoms with Crippen LogP contribution in [0.5, 0.6) is 0 Å². The SMILES string of the molecule is Cc1nnc(N2CCC(N3CCCCC3)C2)c(C#N)c1C. The number of hydrogen-bond acceptors (Lipinski definition) is 5. The van der Waals surface area contributed by atoms with E-state index in [2.05, 4.69) is 26.1 Å². The van der Waals surface area contributed by atoms with Gasteiger partial charge in [0, 0.05) is 19.1 Å². The van der Waals surface area contributed by atoms with Crippen molar-refractivity contribution in [3.63, 3.8) is 0 Å². The predicted octanol–water partition coefficient (Wildman–Crippen LogP) is 2.03. The van der Waals surface area contributed by atoms with E-state index < -0.39 is 0 Å². The minimum atomic E-state index is 0.611. The molecule has 0 saturated carbocycles. The lowest BCUT2D eigenvalue weighted by Gasteiger charge is -2.32. The molecule has 0 spiro atoms. The highest BCUT2D eigenvalue weighted by atomic mass is 15.3. The van der Waals surface area contributed by atoms with Gasteiger partial charge in [-0.25, -0.2) is 0 Å². The monoisotopic (exact) mass is 285 g/mol. The summed E-state index contributed by atoms with van der Waals surface area (Å²) in [5.74, 6) is 0.778. The van der Waals surface area contributed by atoms with E-state index in [4.69, 9.17) is 0 Å². The van der Waals surface area contributed by atoms with E-state index in [1.54, 1.807) is 0 Å². The molecule has 112 valence electrons. The average Bonchev–Trinajstić information content (AvgIpc) is 3.00. The van der Waals surface area contributed by atoms with Crippen LogP contribution in [0.1, 0.15) is 42.5 Å². The molecule has 0 amide bonds. The third-order valence-electron chi connectivity index (χ3n) is 4.92. The second-order valence-electron chi connectivity index (χ2n) is 6.21. The first kappa shape index (κ1) is 14.3. The Balaban J connectivity index is 1.77. The first-order chi connectivity index (χ1) is 10.2. The second-order valence-corrected chi connectivity index (χ2v) is 6.21. The maximum absolute atomic E-state index is 9.44. The summed E-state index contributed by atoms with van der Waals surface area (Å²) < 4.78 is 0. The van der Waals surface area contributed by atoms with Crippen molar-refractivity contribution in [2.24, 2.45) is 0 Å². The van der Waals surface area contributed by atoms with Gasteiger partial charge in [-0.05, 0) is 51.8 Å². The lowest BCUT2D eigenvalue weighted by Crippen LogP contribution is -2.41. The molecule has 1 aromatic heterocycles. The first-order valence-electron chi connectivity index (χ1n) is 7.93. The molecule has 2 fully saturated rings. The smallest absolute Gasteiger partial charge is 0.169 e. The van der Waals surface area contributed by atoms with E-state index in [0.717, 1.165) is 30.2 Å². The van der Waals surface area contributed by atoms with E-state index in [0.29, 0.717) is 11.6 Å². The molecule has 2 saturated heterocycles. The zero-order chi connectivity index (χ0) is 14.8. The largest absolute Gasteiger partial charge is 0.352 e. The molecule has 5 heteroatoms. The second kappa shape index (κ2) is 5.98. The van der Waals surface area contributed by atoms with Gasteiger partial charge < -0.3 is 4.90 Å². The van der Waals surface area contributed by atoms with Crippen molar-refractivity contribution in [1.29, 1.82) is 5.26 Å². The molecule has 3 heterocycles. The number of nitrogens with zero attached hydrogens (tertiary/aromatic N) is 5. The van der Waals surface area contributed by atoms with Crippen molar-refractivity contribution >= 4 is 5.82 Å². The van der Waals surface area contributed by atoms with Crippen molar-refractivity contribution in [2.75, 3.05) is 31.1 Å². The Morgan fingerprint density at radius 2 is 1.86 bits per heavy atom. The summed E-state index contributed by atoms with van der Waals surface area (Å²) in [5.41, 5.74) is 2.51. The minimum Gasteiger partial charge on any atom is -0.352 e. The molecule has 1 atom stereocenters. The van der Waals surface area contributed by atoms with Gasteiger partial charge in [0.1, 0.15) is 11.6 Å². The van der Waals surface area contributed by atoms with Crippen LogP contribution in [0.2, 0.25) is 0 Å². The Morgan fingerprint density at radius 3 is 2.57 bits per heavy atom. The number of aromatic nitrogens is 2. The number of anilines is 1. The van der Waals surface area contributed by atoms with Crippen LogP contribution in [0.15, 0.2) is 0 Å². The van der Waals surface area contributed by atoms with Gasteiger partial charge in [0.25, 0.3) is 0 Å². The molecule has 2 aliphatic rings. The van der Waals surface area contributed by atoms with Crippen molar-refractivity contribution < 1.29 is 0 Å². The van der Waals surface area contributed by atoms with Gasteiger partial charge in [-0.3, -0.25) is 4.90 Å². The van der Waals surface area contributed by atoms with Crippen molar-refractivity contribution in [1.82, 2.24) is 15.1 Å². The summed E-state index contributed by atoms with van der Waals surface area (Å²) in [4.78, 5) is 4.86. The quantitative estimate of drug-likeness (QED) is 0.832. The maximum atomic E-state index is 9.44. The van der Waals surface area contributed by atoms with Crippen LogP contribution in [0, 0.1) is 25.2 Å². The molecular formula is C16H23N5. The number of likely N-dealkylation sites (tertiary alicyclic amines) is 1.